The molecule has 1 aromatic heterocycles. The van der Waals surface area contributed by atoms with Gasteiger partial charge in [0.15, 0.2) is 5.82 Å². The second kappa shape index (κ2) is 11.0. The summed E-state index contributed by atoms with van der Waals surface area (Å²) in [5.41, 5.74) is 7.56. The lowest BCUT2D eigenvalue weighted by atomic mass is 9.79. The second-order valence-corrected chi connectivity index (χ2v) is 8.58. The van der Waals surface area contributed by atoms with Crippen LogP contribution < -0.4 is 10.2 Å². The number of allylic oxidation sites excluding steroid dienone is 4. The van der Waals surface area contributed by atoms with E-state index < -0.39 is 0 Å². The minimum absolute atomic E-state index is 0.0732. The van der Waals surface area contributed by atoms with Crippen molar-refractivity contribution >= 4 is 17.2 Å². The van der Waals surface area contributed by atoms with Gasteiger partial charge in [-0.1, -0.05) is 61.7 Å². The molecule has 2 unspecified atom stereocenters. The van der Waals surface area contributed by atoms with Crippen molar-refractivity contribution in [2.45, 2.75) is 45.1 Å². The molecular weight excluding hydrogens is 404 g/mol. The van der Waals surface area contributed by atoms with Crippen molar-refractivity contribution < 1.29 is 0 Å². The Balaban J connectivity index is 1.91. The molecule has 1 N–H and O–H groups in total. The van der Waals surface area contributed by atoms with Gasteiger partial charge in [0.1, 0.15) is 0 Å². The number of nitrogens with zero attached hydrogens (tertiary/aromatic N) is 3. The Morgan fingerprint density at radius 3 is 2.64 bits per heavy atom. The first-order chi connectivity index (χ1) is 15.9. The molecular formula is C29H36N4. The lowest BCUT2D eigenvalue weighted by Gasteiger charge is -2.34. The number of aryl methyl sites for hydroxylation is 1. The zero-order chi connectivity index (χ0) is 24.0. The highest BCUT2D eigenvalue weighted by Crippen LogP contribution is 2.38. The van der Waals surface area contributed by atoms with Crippen LogP contribution in [0.4, 0.5) is 11.5 Å². The molecule has 2 heterocycles. The average Bonchev–Trinajstić information content (AvgIpc) is 2.82. The van der Waals surface area contributed by atoms with E-state index in [0.29, 0.717) is 0 Å². The lowest BCUT2D eigenvalue weighted by molar-refractivity contribution is 0.490. The molecule has 0 spiro atoms. The maximum atomic E-state index is 5.15. The van der Waals surface area contributed by atoms with E-state index in [1.807, 2.05) is 46.2 Å². The number of aromatic nitrogens is 1. The summed E-state index contributed by atoms with van der Waals surface area (Å²) in [5.74, 6) is 1.16. The van der Waals surface area contributed by atoms with Gasteiger partial charge in [0.2, 0.25) is 0 Å². The van der Waals surface area contributed by atoms with Crippen LogP contribution >= 0.6 is 0 Å². The predicted molar refractivity (Wildman–Crippen MR) is 144 cm³/mol. The Morgan fingerprint density at radius 2 is 1.94 bits per heavy atom. The highest BCUT2D eigenvalue weighted by Gasteiger charge is 2.31. The van der Waals surface area contributed by atoms with Gasteiger partial charge in [-0.05, 0) is 50.5 Å². The maximum absolute atomic E-state index is 5.15. The smallest absolute Gasteiger partial charge is 0.156 e. The molecule has 2 aromatic rings. The minimum Gasteiger partial charge on any atom is -0.385 e. The quantitative estimate of drug-likeness (QED) is 0.412. The summed E-state index contributed by atoms with van der Waals surface area (Å²) in [6, 6.07) is 12.7. The summed E-state index contributed by atoms with van der Waals surface area (Å²) in [6.45, 7) is 16.7. The molecule has 0 aliphatic carbocycles. The molecule has 4 nitrogen and oxygen atoms in total. The fraction of sp³-hybridized carbons (Fsp3) is 0.310. The molecule has 172 valence electrons. The number of aliphatic imine (C=N–C) groups is 1. The minimum atomic E-state index is 0.0732. The van der Waals surface area contributed by atoms with Gasteiger partial charge in [-0.15, -0.1) is 0 Å². The van der Waals surface area contributed by atoms with Gasteiger partial charge in [-0.2, -0.15) is 0 Å². The lowest BCUT2D eigenvalue weighted by Crippen LogP contribution is -2.29. The van der Waals surface area contributed by atoms with Gasteiger partial charge in [0.25, 0.3) is 0 Å². The highest BCUT2D eigenvalue weighted by molar-refractivity contribution is 6.10. The Bertz CT molecular complexity index is 1090. The van der Waals surface area contributed by atoms with Crippen LogP contribution in [0.15, 0.2) is 90.6 Å². The van der Waals surface area contributed by atoms with E-state index in [-0.39, 0.29) is 12.0 Å². The van der Waals surface area contributed by atoms with Crippen molar-refractivity contribution in [2.24, 2.45) is 4.99 Å². The summed E-state index contributed by atoms with van der Waals surface area (Å²) in [5, 5.41) is 3.24. The first-order valence-corrected chi connectivity index (χ1v) is 11.6. The van der Waals surface area contributed by atoms with Crippen LogP contribution in [0, 0.1) is 6.92 Å². The number of pyridine rings is 1. The van der Waals surface area contributed by atoms with Crippen LogP contribution in [-0.2, 0) is 0 Å². The van der Waals surface area contributed by atoms with Crippen molar-refractivity contribution in [3.05, 3.63) is 102 Å². The molecule has 0 saturated carbocycles. The van der Waals surface area contributed by atoms with E-state index in [9.17, 15) is 0 Å². The van der Waals surface area contributed by atoms with Crippen LogP contribution in [0.1, 0.15) is 48.9 Å². The van der Waals surface area contributed by atoms with Gasteiger partial charge in [0, 0.05) is 43.4 Å². The largest absolute Gasteiger partial charge is 0.385 e. The van der Waals surface area contributed by atoms with Gasteiger partial charge in [-0.3, -0.25) is 4.99 Å². The molecule has 2 atom stereocenters. The number of anilines is 2. The van der Waals surface area contributed by atoms with E-state index >= 15 is 0 Å². The van der Waals surface area contributed by atoms with E-state index in [1.54, 1.807) is 0 Å². The number of rotatable bonds is 10. The fourth-order valence-corrected chi connectivity index (χ4v) is 4.48. The molecule has 3 rings (SSSR count). The molecule has 1 aliphatic rings. The van der Waals surface area contributed by atoms with Gasteiger partial charge >= 0.3 is 0 Å². The molecule has 0 saturated heterocycles. The SMILES string of the molecule is C=CC1=NC(CC(=C)N(C)c2nc(C)ccc2NC)C(CCC(=C)/C=C\C)c2ccccc21. The van der Waals surface area contributed by atoms with Crippen molar-refractivity contribution in [3.8, 4) is 0 Å². The maximum Gasteiger partial charge on any atom is 0.156 e. The van der Waals surface area contributed by atoms with E-state index in [0.717, 1.165) is 53.4 Å². The van der Waals surface area contributed by atoms with Crippen molar-refractivity contribution in [1.29, 1.82) is 0 Å². The second-order valence-electron chi connectivity index (χ2n) is 8.58. The number of fused-ring (bicyclic) bond motifs is 1. The van der Waals surface area contributed by atoms with Crippen LogP contribution in [0.25, 0.3) is 0 Å². The third-order valence-electron chi connectivity index (χ3n) is 6.30. The third kappa shape index (κ3) is 5.51. The van der Waals surface area contributed by atoms with Crippen molar-refractivity contribution in [2.75, 3.05) is 24.3 Å². The van der Waals surface area contributed by atoms with Crippen LogP contribution in [0.3, 0.4) is 0 Å². The zero-order valence-electron chi connectivity index (χ0n) is 20.4. The van der Waals surface area contributed by atoms with E-state index in [4.69, 9.17) is 9.98 Å². The van der Waals surface area contributed by atoms with Gasteiger partial charge in [0.05, 0.1) is 17.4 Å². The Labute approximate surface area is 199 Å². The Morgan fingerprint density at radius 1 is 1.18 bits per heavy atom. The molecule has 0 radical (unpaired) electrons. The molecule has 1 aromatic carbocycles. The third-order valence-corrected chi connectivity index (χ3v) is 6.30. The zero-order valence-corrected chi connectivity index (χ0v) is 20.4. The topological polar surface area (TPSA) is 40.5 Å². The first kappa shape index (κ1) is 24.2. The summed E-state index contributed by atoms with van der Waals surface area (Å²) in [4.78, 5) is 12.0. The monoisotopic (exact) mass is 440 g/mol. The normalized spacial score (nSPS) is 17.3. The summed E-state index contributed by atoms with van der Waals surface area (Å²) in [7, 11) is 3.95. The summed E-state index contributed by atoms with van der Waals surface area (Å²) >= 11 is 0. The predicted octanol–water partition coefficient (Wildman–Crippen LogP) is 6.83. The summed E-state index contributed by atoms with van der Waals surface area (Å²) < 4.78 is 0. The Kier molecular flexibility index (Phi) is 8.05. The van der Waals surface area contributed by atoms with Crippen molar-refractivity contribution in [3.63, 3.8) is 0 Å². The Hall–Kier alpha value is -3.40. The number of nitrogens with one attached hydrogen (secondary N) is 1. The fourth-order valence-electron chi connectivity index (χ4n) is 4.48. The number of hydrogen-bond acceptors (Lipinski definition) is 4. The van der Waals surface area contributed by atoms with Gasteiger partial charge < -0.3 is 10.2 Å². The standard InChI is InChI=1S/C29H36N4/c1-8-12-20(3)15-17-25-23-13-10-11-14-24(23)26(9-2)32-28(25)19-22(5)33(7)29-27(30-6)18-16-21(4)31-29/h8-14,16,18,25,28,30H,2-3,5,15,17,19H2,1,4,6-7H3/b12-8-. The number of hydrogen-bond donors (Lipinski definition) is 1. The average molecular weight is 441 g/mol. The van der Waals surface area contributed by atoms with Crippen LogP contribution in [0.2, 0.25) is 0 Å². The van der Waals surface area contributed by atoms with E-state index in [2.05, 4.69) is 66.4 Å². The molecule has 0 bridgehead atoms. The van der Waals surface area contributed by atoms with Crippen LogP contribution in [-0.4, -0.2) is 30.8 Å². The van der Waals surface area contributed by atoms with Crippen LogP contribution in [0.5, 0.6) is 0 Å². The van der Waals surface area contributed by atoms with Gasteiger partial charge in [-0.25, -0.2) is 4.98 Å². The summed E-state index contributed by atoms with van der Waals surface area (Å²) in [6.07, 6.45) is 8.67. The highest BCUT2D eigenvalue weighted by atomic mass is 15.2. The molecule has 1 aliphatic heterocycles. The number of benzene rings is 1. The van der Waals surface area contributed by atoms with Crippen molar-refractivity contribution in [1.82, 2.24) is 4.98 Å². The molecule has 33 heavy (non-hydrogen) atoms. The first-order valence-electron chi connectivity index (χ1n) is 11.6. The molecule has 4 heteroatoms. The van der Waals surface area contributed by atoms with E-state index in [1.165, 1.54) is 11.1 Å². The molecule has 0 amide bonds. The molecule has 0 fully saturated rings.